The van der Waals surface area contributed by atoms with Gasteiger partial charge in [-0.3, -0.25) is 0 Å². The molecule has 1 aromatic rings. The lowest BCUT2D eigenvalue weighted by atomic mass is 10.1. The molecule has 0 amide bonds. The van der Waals surface area contributed by atoms with Crippen LogP contribution in [-0.4, -0.2) is 9.79 Å². The fourth-order valence-corrected chi connectivity index (χ4v) is 1.84. The predicted molar refractivity (Wildman–Crippen MR) is 51.4 cm³/mol. The Kier molecular flexibility index (Phi) is 4.41. The van der Waals surface area contributed by atoms with Crippen LogP contribution in [-0.2, 0) is 0 Å². The maximum Gasteiger partial charge on any atom is 0.205 e. The van der Waals surface area contributed by atoms with Crippen LogP contribution in [0.3, 0.4) is 0 Å². The molecule has 96 valence electrons. The second-order valence-corrected chi connectivity index (χ2v) is 4.21. The molecule has 1 aromatic carbocycles. The Hall–Kier alpha value is -0.780. The lowest BCUT2D eigenvalue weighted by molar-refractivity contribution is 0.301. The molecule has 1 rings (SSSR count). The summed E-state index contributed by atoms with van der Waals surface area (Å²) in [5.41, 5.74) is -1.37. The minimum Gasteiger partial charge on any atom is -0.346 e. The number of benzene rings is 1. The SMILES string of the molecule is CCC(F)c1c(F)c(F)c(P(O)O)c(F)c1F. The zero-order valence-corrected chi connectivity index (χ0v) is 9.41. The zero-order chi connectivity index (χ0) is 13.3. The summed E-state index contributed by atoms with van der Waals surface area (Å²) in [6.07, 6.45) is -2.59. The maximum absolute atomic E-state index is 13.3. The van der Waals surface area contributed by atoms with Gasteiger partial charge in [-0.25, -0.2) is 22.0 Å². The Balaban J connectivity index is 3.58. The van der Waals surface area contributed by atoms with Crippen LogP contribution in [0.15, 0.2) is 0 Å². The molecule has 0 saturated carbocycles. The minimum atomic E-state index is -3.36. The highest BCUT2D eigenvalue weighted by Crippen LogP contribution is 2.34. The minimum absolute atomic E-state index is 0.376. The van der Waals surface area contributed by atoms with Crippen LogP contribution in [0.1, 0.15) is 25.1 Å². The number of rotatable bonds is 3. The van der Waals surface area contributed by atoms with E-state index in [1.165, 1.54) is 6.92 Å². The van der Waals surface area contributed by atoms with E-state index in [0.717, 1.165) is 0 Å². The molecule has 0 saturated heterocycles. The Morgan fingerprint density at radius 1 is 1.00 bits per heavy atom. The molecular weight excluding hydrogens is 266 g/mol. The molecule has 0 aliphatic carbocycles. The van der Waals surface area contributed by atoms with Crippen molar-refractivity contribution < 1.29 is 31.7 Å². The molecular formula is C9H8F5O2P. The normalized spacial score (nSPS) is 13.2. The lowest BCUT2D eigenvalue weighted by Crippen LogP contribution is -2.20. The highest BCUT2D eigenvalue weighted by Gasteiger charge is 2.32. The zero-order valence-electron chi connectivity index (χ0n) is 8.52. The first-order valence-corrected chi connectivity index (χ1v) is 5.75. The van der Waals surface area contributed by atoms with Gasteiger partial charge in [-0.15, -0.1) is 0 Å². The predicted octanol–water partition coefficient (Wildman–Crippen LogP) is 2.59. The first-order chi connectivity index (χ1) is 7.82. The van der Waals surface area contributed by atoms with Gasteiger partial charge in [0.15, 0.2) is 23.3 Å². The monoisotopic (exact) mass is 274 g/mol. The average molecular weight is 274 g/mol. The molecule has 0 aliphatic rings. The Bertz CT molecular complexity index is 409. The van der Waals surface area contributed by atoms with Crippen molar-refractivity contribution in [2.75, 3.05) is 0 Å². The Morgan fingerprint density at radius 2 is 1.41 bits per heavy atom. The molecule has 0 spiro atoms. The molecule has 8 heteroatoms. The summed E-state index contributed by atoms with van der Waals surface area (Å²) in [4.78, 5) is 17.3. The third-order valence-corrected chi connectivity index (χ3v) is 2.94. The van der Waals surface area contributed by atoms with Crippen molar-refractivity contribution in [2.24, 2.45) is 0 Å². The average Bonchev–Trinajstić information content (AvgIpc) is 2.26. The summed E-state index contributed by atoms with van der Waals surface area (Å²) in [6, 6.07) is 0. The molecule has 0 bridgehead atoms. The molecule has 0 radical (unpaired) electrons. The second-order valence-electron chi connectivity index (χ2n) is 3.18. The van der Waals surface area contributed by atoms with E-state index in [0.29, 0.717) is 0 Å². The van der Waals surface area contributed by atoms with Crippen LogP contribution < -0.4 is 5.30 Å². The van der Waals surface area contributed by atoms with Crippen molar-refractivity contribution in [1.29, 1.82) is 0 Å². The molecule has 0 heterocycles. The fraction of sp³-hybridized carbons (Fsp3) is 0.333. The largest absolute Gasteiger partial charge is 0.346 e. The van der Waals surface area contributed by atoms with Crippen LogP contribution in [0.2, 0.25) is 0 Å². The Labute approximate surface area is 94.6 Å². The van der Waals surface area contributed by atoms with Gasteiger partial charge in [-0.1, -0.05) is 6.92 Å². The van der Waals surface area contributed by atoms with E-state index in [2.05, 4.69) is 0 Å². The molecule has 1 atom stereocenters. The molecule has 0 fully saturated rings. The summed E-state index contributed by atoms with van der Waals surface area (Å²) in [5.74, 6) is -7.84. The summed E-state index contributed by atoms with van der Waals surface area (Å²) in [6.45, 7) is 1.23. The summed E-state index contributed by atoms with van der Waals surface area (Å²) in [7, 11) is -3.36. The molecule has 17 heavy (non-hydrogen) atoms. The number of halogens is 5. The fourth-order valence-electron chi connectivity index (χ4n) is 1.29. The van der Waals surface area contributed by atoms with Gasteiger partial charge in [0.05, 0.1) is 5.56 Å². The molecule has 1 unspecified atom stereocenters. The highest BCUT2D eigenvalue weighted by molar-refractivity contribution is 7.54. The first kappa shape index (κ1) is 14.3. The van der Waals surface area contributed by atoms with Crippen LogP contribution in [0.4, 0.5) is 22.0 Å². The molecule has 2 nitrogen and oxygen atoms in total. The molecule has 2 N–H and O–H groups in total. The number of hydrogen-bond acceptors (Lipinski definition) is 2. The van der Waals surface area contributed by atoms with Gasteiger partial charge in [-0.2, -0.15) is 0 Å². The van der Waals surface area contributed by atoms with Crippen LogP contribution in [0.25, 0.3) is 0 Å². The van der Waals surface area contributed by atoms with Gasteiger partial charge in [-0.05, 0) is 6.42 Å². The second kappa shape index (κ2) is 5.25. The quantitative estimate of drug-likeness (QED) is 0.505. The van der Waals surface area contributed by atoms with E-state index >= 15 is 0 Å². The standard InChI is InChI=1S/C9H8F5O2P/c1-2-3(10)4-5(11)7(13)9(17(15)16)8(14)6(4)12/h3,15-16H,2H2,1H3. The number of hydrogen-bond donors (Lipinski definition) is 2. The van der Waals surface area contributed by atoms with Gasteiger partial charge in [0.1, 0.15) is 11.5 Å². The Morgan fingerprint density at radius 3 is 1.71 bits per heavy atom. The van der Waals surface area contributed by atoms with Gasteiger partial charge >= 0.3 is 0 Å². The van der Waals surface area contributed by atoms with Crippen LogP contribution >= 0.6 is 8.38 Å². The van der Waals surface area contributed by atoms with E-state index in [1.807, 2.05) is 0 Å². The molecule has 0 aliphatic heterocycles. The van der Waals surface area contributed by atoms with Crippen molar-refractivity contribution in [3.8, 4) is 0 Å². The van der Waals surface area contributed by atoms with E-state index in [9.17, 15) is 22.0 Å². The van der Waals surface area contributed by atoms with Gasteiger partial charge in [0.2, 0.25) is 8.38 Å². The summed E-state index contributed by atoms with van der Waals surface area (Å²) < 4.78 is 66.1. The van der Waals surface area contributed by atoms with Crippen LogP contribution in [0, 0.1) is 23.3 Å². The smallest absolute Gasteiger partial charge is 0.205 e. The number of alkyl halides is 1. The van der Waals surface area contributed by atoms with Crippen LogP contribution in [0.5, 0.6) is 0 Å². The van der Waals surface area contributed by atoms with Gasteiger partial charge in [0.25, 0.3) is 0 Å². The van der Waals surface area contributed by atoms with E-state index in [1.54, 1.807) is 0 Å². The van der Waals surface area contributed by atoms with E-state index in [-0.39, 0.29) is 6.42 Å². The van der Waals surface area contributed by atoms with Gasteiger partial charge in [0, 0.05) is 0 Å². The van der Waals surface area contributed by atoms with Crippen molar-refractivity contribution in [3.05, 3.63) is 28.8 Å². The lowest BCUT2D eigenvalue weighted by Gasteiger charge is -2.14. The third-order valence-electron chi connectivity index (χ3n) is 2.15. The van der Waals surface area contributed by atoms with E-state index in [4.69, 9.17) is 9.79 Å². The molecule has 0 aromatic heterocycles. The topological polar surface area (TPSA) is 40.5 Å². The van der Waals surface area contributed by atoms with Crippen molar-refractivity contribution in [2.45, 2.75) is 19.5 Å². The highest BCUT2D eigenvalue weighted by atomic mass is 31.2. The van der Waals surface area contributed by atoms with Crippen molar-refractivity contribution in [1.82, 2.24) is 0 Å². The summed E-state index contributed by atoms with van der Waals surface area (Å²) in [5, 5.41) is -1.51. The van der Waals surface area contributed by atoms with Gasteiger partial charge < -0.3 is 9.79 Å². The van der Waals surface area contributed by atoms with Crippen molar-refractivity contribution in [3.63, 3.8) is 0 Å². The first-order valence-electron chi connectivity index (χ1n) is 4.50. The summed E-state index contributed by atoms with van der Waals surface area (Å²) >= 11 is 0. The van der Waals surface area contributed by atoms with Crippen molar-refractivity contribution >= 4 is 13.7 Å². The maximum atomic E-state index is 13.3. The van der Waals surface area contributed by atoms with E-state index < -0.39 is 48.7 Å². The third kappa shape index (κ3) is 2.41.